The van der Waals surface area contributed by atoms with Crippen molar-refractivity contribution in [2.45, 2.75) is 32.2 Å². The first-order valence-electron chi connectivity index (χ1n) is 7.67. The van der Waals surface area contributed by atoms with Gasteiger partial charge in [-0.25, -0.2) is 0 Å². The molecule has 1 saturated carbocycles. The Kier molecular flexibility index (Phi) is 6.80. The second-order valence-electron chi connectivity index (χ2n) is 5.55. The summed E-state index contributed by atoms with van der Waals surface area (Å²) in [5.74, 6) is 1.49. The molecule has 2 rings (SSSR count). The SMILES string of the molecule is CCN(CCOc1ccc(Cl)cc1Br)C1CCCC1CN. The third kappa shape index (κ3) is 4.59. The van der Waals surface area contributed by atoms with Crippen LogP contribution in [0.3, 0.4) is 0 Å². The summed E-state index contributed by atoms with van der Waals surface area (Å²) in [7, 11) is 0. The molecule has 0 amide bonds. The molecule has 2 atom stereocenters. The summed E-state index contributed by atoms with van der Waals surface area (Å²) in [4.78, 5) is 2.51. The van der Waals surface area contributed by atoms with Crippen LogP contribution in [0.4, 0.5) is 0 Å². The van der Waals surface area contributed by atoms with E-state index in [-0.39, 0.29) is 0 Å². The lowest BCUT2D eigenvalue weighted by Crippen LogP contribution is -2.42. The molecule has 21 heavy (non-hydrogen) atoms. The fraction of sp³-hybridized carbons (Fsp3) is 0.625. The average molecular weight is 376 g/mol. The quantitative estimate of drug-likeness (QED) is 0.784. The van der Waals surface area contributed by atoms with Gasteiger partial charge in [0, 0.05) is 17.6 Å². The van der Waals surface area contributed by atoms with Crippen molar-refractivity contribution >= 4 is 27.5 Å². The Labute approximate surface area is 140 Å². The van der Waals surface area contributed by atoms with Crippen LogP contribution < -0.4 is 10.5 Å². The van der Waals surface area contributed by atoms with Crippen LogP contribution in [0.2, 0.25) is 5.02 Å². The lowest BCUT2D eigenvalue weighted by Gasteiger charge is -2.31. The Morgan fingerprint density at radius 3 is 2.90 bits per heavy atom. The Bertz CT molecular complexity index is 458. The molecule has 1 fully saturated rings. The number of nitrogens with two attached hydrogens (primary N) is 1. The molecule has 0 heterocycles. The predicted molar refractivity (Wildman–Crippen MR) is 92.1 cm³/mol. The fourth-order valence-corrected chi connectivity index (χ4v) is 3.99. The monoisotopic (exact) mass is 374 g/mol. The Morgan fingerprint density at radius 1 is 1.43 bits per heavy atom. The van der Waals surface area contributed by atoms with Gasteiger partial charge in [0.25, 0.3) is 0 Å². The summed E-state index contributed by atoms with van der Waals surface area (Å²) in [6, 6.07) is 6.23. The molecular weight excluding hydrogens is 352 g/mol. The van der Waals surface area contributed by atoms with Gasteiger partial charge in [0.15, 0.2) is 0 Å². The highest BCUT2D eigenvalue weighted by atomic mass is 79.9. The normalized spacial score (nSPS) is 22.0. The predicted octanol–water partition coefficient (Wildman–Crippen LogP) is 3.93. The van der Waals surface area contributed by atoms with Crippen LogP contribution in [-0.2, 0) is 0 Å². The highest BCUT2D eigenvalue weighted by molar-refractivity contribution is 9.10. The van der Waals surface area contributed by atoms with Gasteiger partial charge in [-0.15, -0.1) is 0 Å². The molecule has 0 aliphatic heterocycles. The minimum atomic E-state index is 0.622. The van der Waals surface area contributed by atoms with E-state index in [1.807, 2.05) is 18.2 Å². The molecule has 118 valence electrons. The van der Waals surface area contributed by atoms with Crippen LogP contribution >= 0.6 is 27.5 Å². The zero-order valence-electron chi connectivity index (χ0n) is 12.5. The van der Waals surface area contributed by atoms with Crippen LogP contribution in [-0.4, -0.2) is 37.2 Å². The highest BCUT2D eigenvalue weighted by Gasteiger charge is 2.30. The molecule has 1 aliphatic rings. The maximum absolute atomic E-state index is 5.94. The number of benzene rings is 1. The van der Waals surface area contributed by atoms with Crippen molar-refractivity contribution in [2.75, 3.05) is 26.2 Å². The van der Waals surface area contributed by atoms with E-state index >= 15 is 0 Å². The third-order valence-corrected chi connectivity index (χ3v) is 5.18. The van der Waals surface area contributed by atoms with Crippen molar-refractivity contribution in [3.63, 3.8) is 0 Å². The molecule has 0 bridgehead atoms. The number of rotatable bonds is 7. The van der Waals surface area contributed by atoms with Gasteiger partial charge in [0.2, 0.25) is 0 Å². The average Bonchev–Trinajstić information content (AvgIpc) is 2.94. The van der Waals surface area contributed by atoms with Gasteiger partial charge < -0.3 is 10.5 Å². The van der Waals surface area contributed by atoms with E-state index in [9.17, 15) is 0 Å². The smallest absolute Gasteiger partial charge is 0.133 e. The van der Waals surface area contributed by atoms with Gasteiger partial charge in [-0.2, -0.15) is 0 Å². The Morgan fingerprint density at radius 2 is 2.24 bits per heavy atom. The Balaban J connectivity index is 1.86. The van der Waals surface area contributed by atoms with Gasteiger partial charge in [0.05, 0.1) is 4.47 Å². The summed E-state index contributed by atoms with van der Waals surface area (Å²) in [6.45, 7) is 5.68. The van der Waals surface area contributed by atoms with Crippen molar-refractivity contribution in [3.8, 4) is 5.75 Å². The maximum Gasteiger partial charge on any atom is 0.133 e. The van der Waals surface area contributed by atoms with E-state index in [0.29, 0.717) is 23.6 Å². The number of hydrogen-bond acceptors (Lipinski definition) is 3. The molecule has 3 nitrogen and oxygen atoms in total. The van der Waals surface area contributed by atoms with Crippen molar-refractivity contribution in [3.05, 3.63) is 27.7 Å². The molecule has 0 aromatic heterocycles. The number of ether oxygens (including phenoxy) is 1. The van der Waals surface area contributed by atoms with E-state index in [0.717, 1.165) is 29.9 Å². The standard InChI is InChI=1S/C16H24BrClN2O/c1-2-20(15-5-3-4-12(15)11-19)8-9-21-16-7-6-13(18)10-14(16)17/h6-7,10,12,15H,2-5,8-9,11,19H2,1H3. The van der Waals surface area contributed by atoms with Crippen LogP contribution in [0.5, 0.6) is 5.75 Å². The second kappa shape index (κ2) is 8.37. The lowest BCUT2D eigenvalue weighted by atomic mass is 10.0. The first-order valence-corrected chi connectivity index (χ1v) is 8.84. The summed E-state index contributed by atoms with van der Waals surface area (Å²) < 4.78 is 6.78. The number of likely N-dealkylation sites (N-methyl/N-ethyl adjacent to an activating group) is 1. The molecule has 1 aromatic rings. The minimum absolute atomic E-state index is 0.622. The topological polar surface area (TPSA) is 38.5 Å². The van der Waals surface area contributed by atoms with Crippen molar-refractivity contribution in [1.82, 2.24) is 4.90 Å². The van der Waals surface area contributed by atoms with Gasteiger partial charge in [-0.3, -0.25) is 4.90 Å². The summed E-state index contributed by atoms with van der Waals surface area (Å²) in [5.41, 5.74) is 5.89. The van der Waals surface area contributed by atoms with Gasteiger partial charge >= 0.3 is 0 Å². The molecule has 0 radical (unpaired) electrons. The molecule has 1 aliphatic carbocycles. The molecular formula is C16H24BrClN2O. The second-order valence-corrected chi connectivity index (χ2v) is 6.84. The maximum atomic E-state index is 5.94. The lowest BCUT2D eigenvalue weighted by molar-refractivity contribution is 0.141. The van der Waals surface area contributed by atoms with Crippen LogP contribution in [0.15, 0.2) is 22.7 Å². The van der Waals surface area contributed by atoms with Crippen LogP contribution in [0, 0.1) is 5.92 Å². The van der Waals surface area contributed by atoms with Gasteiger partial charge in [-0.1, -0.05) is 24.9 Å². The van der Waals surface area contributed by atoms with E-state index in [1.54, 1.807) is 0 Å². The van der Waals surface area contributed by atoms with E-state index in [4.69, 9.17) is 22.1 Å². The zero-order valence-corrected chi connectivity index (χ0v) is 14.9. The molecule has 0 spiro atoms. The van der Waals surface area contributed by atoms with E-state index in [2.05, 4.69) is 27.8 Å². The highest BCUT2D eigenvalue weighted by Crippen LogP contribution is 2.30. The van der Waals surface area contributed by atoms with Crippen molar-refractivity contribution < 1.29 is 4.74 Å². The number of hydrogen-bond donors (Lipinski definition) is 1. The number of nitrogens with zero attached hydrogens (tertiary/aromatic N) is 1. The fourth-order valence-electron chi connectivity index (χ4n) is 3.20. The summed E-state index contributed by atoms with van der Waals surface area (Å²) in [5, 5.41) is 0.709. The molecule has 2 unspecified atom stereocenters. The molecule has 5 heteroatoms. The number of halogens is 2. The third-order valence-electron chi connectivity index (χ3n) is 4.33. The minimum Gasteiger partial charge on any atom is -0.491 e. The van der Waals surface area contributed by atoms with Crippen molar-refractivity contribution in [2.24, 2.45) is 11.7 Å². The molecule has 1 aromatic carbocycles. The van der Waals surface area contributed by atoms with Gasteiger partial charge in [-0.05, 0) is 66.0 Å². The first kappa shape index (κ1) is 17.1. The first-order chi connectivity index (χ1) is 10.2. The van der Waals surface area contributed by atoms with Crippen LogP contribution in [0.1, 0.15) is 26.2 Å². The van der Waals surface area contributed by atoms with Crippen LogP contribution in [0.25, 0.3) is 0 Å². The Hall–Kier alpha value is -0.290. The zero-order chi connectivity index (χ0) is 15.2. The summed E-state index contributed by atoms with van der Waals surface area (Å²) >= 11 is 9.42. The van der Waals surface area contributed by atoms with E-state index < -0.39 is 0 Å². The molecule has 2 N–H and O–H groups in total. The largest absolute Gasteiger partial charge is 0.491 e. The molecule has 0 saturated heterocycles. The summed E-state index contributed by atoms with van der Waals surface area (Å²) in [6.07, 6.45) is 3.83. The van der Waals surface area contributed by atoms with E-state index in [1.165, 1.54) is 19.3 Å². The van der Waals surface area contributed by atoms with Crippen molar-refractivity contribution in [1.29, 1.82) is 0 Å². The van der Waals surface area contributed by atoms with Gasteiger partial charge in [0.1, 0.15) is 12.4 Å².